The number of hydrogen-bond acceptors (Lipinski definition) is 2. The molecule has 2 rings (SSSR count). The Morgan fingerprint density at radius 1 is 1.32 bits per heavy atom. The van der Waals surface area contributed by atoms with Crippen molar-refractivity contribution in [3.63, 3.8) is 0 Å². The number of likely N-dealkylation sites (tertiary alicyclic amines) is 1. The molecule has 0 spiro atoms. The fraction of sp³-hybridized carbons (Fsp3) is 0.538. The van der Waals surface area contributed by atoms with Crippen LogP contribution in [0.2, 0.25) is 0 Å². The Morgan fingerprint density at radius 2 is 2.05 bits per heavy atom. The van der Waals surface area contributed by atoms with Crippen LogP contribution in [0.3, 0.4) is 0 Å². The van der Waals surface area contributed by atoms with E-state index in [2.05, 4.69) is 0 Å². The Kier molecular flexibility index (Phi) is 3.99. The first-order chi connectivity index (χ1) is 8.88. The summed E-state index contributed by atoms with van der Waals surface area (Å²) in [7, 11) is 0. The molecular weight excluding hydrogens is 260 g/mol. The van der Waals surface area contributed by atoms with Gasteiger partial charge in [0.15, 0.2) is 0 Å². The predicted octanol–water partition coefficient (Wildman–Crippen LogP) is 3.18. The van der Waals surface area contributed by atoms with Crippen molar-refractivity contribution in [2.45, 2.75) is 25.6 Å². The van der Waals surface area contributed by atoms with Crippen LogP contribution in [0.15, 0.2) is 18.2 Å². The van der Waals surface area contributed by atoms with E-state index in [0.717, 1.165) is 0 Å². The molecule has 19 heavy (non-hydrogen) atoms. The van der Waals surface area contributed by atoms with Crippen LogP contribution in [-0.4, -0.2) is 24.2 Å². The number of anilines is 1. The zero-order valence-corrected chi connectivity index (χ0v) is 10.4. The molecule has 1 aromatic rings. The number of rotatable bonds is 2. The lowest BCUT2D eigenvalue weighted by Crippen LogP contribution is -2.41. The van der Waals surface area contributed by atoms with Gasteiger partial charge in [0.05, 0.1) is 5.92 Å². The molecule has 1 unspecified atom stereocenters. The standard InChI is InChI=1S/C13H16F4N2/c14-11-4-1-5-12(18)10(11)8-19-6-2-3-9(7-19)13(15,16)17/h1,4-5,9H,2-3,6-8,18H2. The van der Waals surface area contributed by atoms with Crippen LogP contribution in [0.4, 0.5) is 23.2 Å². The van der Waals surface area contributed by atoms with Gasteiger partial charge in [-0.05, 0) is 31.5 Å². The molecule has 0 amide bonds. The highest BCUT2D eigenvalue weighted by atomic mass is 19.4. The van der Waals surface area contributed by atoms with Crippen molar-refractivity contribution in [3.8, 4) is 0 Å². The van der Waals surface area contributed by atoms with E-state index < -0.39 is 17.9 Å². The number of hydrogen-bond donors (Lipinski definition) is 1. The van der Waals surface area contributed by atoms with Crippen LogP contribution in [0, 0.1) is 11.7 Å². The average molecular weight is 276 g/mol. The van der Waals surface area contributed by atoms with Gasteiger partial charge in [0, 0.05) is 24.3 Å². The van der Waals surface area contributed by atoms with Gasteiger partial charge in [-0.25, -0.2) is 4.39 Å². The third-order valence-corrected chi connectivity index (χ3v) is 3.51. The van der Waals surface area contributed by atoms with Gasteiger partial charge in [0.1, 0.15) is 5.82 Å². The van der Waals surface area contributed by atoms with Crippen molar-refractivity contribution in [2.75, 3.05) is 18.8 Å². The molecule has 1 heterocycles. The quantitative estimate of drug-likeness (QED) is 0.664. The second-order valence-corrected chi connectivity index (χ2v) is 4.92. The summed E-state index contributed by atoms with van der Waals surface area (Å²) in [6.07, 6.45) is -3.56. The first kappa shape index (κ1) is 14.1. The molecule has 0 aromatic heterocycles. The second-order valence-electron chi connectivity index (χ2n) is 4.92. The number of alkyl halides is 3. The van der Waals surface area contributed by atoms with Crippen LogP contribution in [0.1, 0.15) is 18.4 Å². The molecule has 1 aromatic carbocycles. The molecule has 2 N–H and O–H groups in total. The maximum atomic E-state index is 13.6. The maximum absolute atomic E-state index is 13.6. The Bertz CT molecular complexity index is 425. The van der Waals surface area contributed by atoms with E-state index in [4.69, 9.17) is 5.73 Å². The van der Waals surface area contributed by atoms with Gasteiger partial charge in [-0.15, -0.1) is 0 Å². The predicted molar refractivity (Wildman–Crippen MR) is 64.9 cm³/mol. The molecule has 0 radical (unpaired) electrons. The number of nitrogen functional groups attached to an aromatic ring is 1. The minimum absolute atomic E-state index is 0.0860. The summed E-state index contributed by atoms with van der Waals surface area (Å²) in [5, 5.41) is 0. The minimum atomic E-state index is -4.18. The summed E-state index contributed by atoms with van der Waals surface area (Å²) in [6, 6.07) is 4.32. The van der Waals surface area contributed by atoms with Crippen molar-refractivity contribution < 1.29 is 17.6 Å². The van der Waals surface area contributed by atoms with Gasteiger partial charge in [0.25, 0.3) is 0 Å². The topological polar surface area (TPSA) is 29.3 Å². The van der Waals surface area contributed by atoms with Gasteiger partial charge >= 0.3 is 6.18 Å². The third kappa shape index (κ3) is 3.37. The van der Waals surface area contributed by atoms with E-state index >= 15 is 0 Å². The van der Waals surface area contributed by atoms with Gasteiger partial charge in [-0.1, -0.05) is 6.07 Å². The van der Waals surface area contributed by atoms with E-state index in [1.54, 1.807) is 11.0 Å². The monoisotopic (exact) mass is 276 g/mol. The highest BCUT2D eigenvalue weighted by molar-refractivity contribution is 5.47. The van der Waals surface area contributed by atoms with E-state index in [0.29, 0.717) is 13.0 Å². The van der Waals surface area contributed by atoms with Crippen molar-refractivity contribution in [1.29, 1.82) is 0 Å². The lowest BCUT2D eigenvalue weighted by molar-refractivity contribution is -0.187. The van der Waals surface area contributed by atoms with Crippen LogP contribution < -0.4 is 5.73 Å². The first-order valence-corrected chi connectivity index (χ1v) is 6.20. The summed E-state index contributed by atoms with van der Waals surface area (Å²) in [5.74, 6) is -1.79. The van der Waals surface area contributed by atoms with Gasteiger partial charge in [0.2, 0.25) is 0 Å². The number of nitrogens with zero attached hydrogens (tertiary/aromatic N) is 1. The smallest absolute Gasteiger partial charge is 0.393 e. The van der Waals surface area contributed by atoms with E-state index in [1.807, 2.05) is 0 Å². The molecule has 2 nitrogen and oxygen atoms in total. The van der Waals surface area contributed by atoms with Gasteiger partial charge in [-0.3, -0.25) is 4.90 Å². The molecule has 0 saturated carbocycles. The Morgan fingerprint density at radius 3 is 2.68 bits per heavy atom. The molecule has 6 heteroatoms. The molecule has 0 aliphatic carbocycles. The van der Waals surface area contributed by atoms with E-state index in [-0.39, 0.29) is 30.8 Å². The number of benzene rings is 1. The zero-order valence-electron chi connectivity index (χ0n) is 10.4. The summed E-state index contributed by atoms with van der Waals surface area (Å²) in [4.78, 5) is 1.62. The molecule has 1 atom stereocenters. The fourth-order valence-corrected chi connectivity index (χ4v) is 2.43. The van der Waals surface area contributed by atoms with Crippen molar-refractivity contribution >= 4 is 5.69 Å². The number of piperidine rings is 1. The average Bonchev–Trinajstić information content (AvgIpc) is 2.33. The summed E-state index contributed by atoms with van der Waals surface area (Å²) >= 11 is 0. The second kappa shape index (κ2) is 5.36. The summed E-state index contributed by atoms with van der Waals surface area (Å²) < 4.78 is 51.7. The maximum Gasteiger partial charge on any atom is 0.393 e. The zero-order chi connectivity index (χ0) is 14.0. The molecule has 1 saturated heterocycles. The van der Waals surface area contributed by atoms with Crippen molar-refractivity contribution in [1.82, 2.24) is 4.90 Å². The van der Waals surface area contributed by atoms with Crippen LogP contribution in [-0.2, 0) is 6.54 Å². The first-order valence-electron chi connectivity index (χ1n) is 6.20. The van der Waals surface area contributed by atoms with E-state index in [9.17, 15) is 17.6 Å². The van der Waals surface area contributed by atoms with Gasteiger partial charge < -0.3 is 5.73 Å². The highest BCUT2D eigenvalue weighted by Crippen LogP contribution is 2.34. The SMILES string of the molecule is Nc1cccc(F)c1CN1CCCC(C(F)(F)F)C1. The highest BCUT2D eigenvalue weighted by Gasteiger charge is 2.41. The Balaban J connectivity index is 2.07. The molecule has 0 bridgehead atoms. The van der Waals surface area contributed by atoms with Crippen molar-refractivity contribution in [2.24, 2.45) is 5.92 Å². The Hall–Kier alpha value is -1.30. The van der Waals surface area contributed by atoms with Crippen LogP contribution in [0.5, 0.6) is 0 Å². The molecular formula is C13H16F4N2. The summed E-state index contributed by atoms with van der Waals surface area (Å²) in [5.41, 5.74) is 6.24. The van der Waals surface area contributed by atoms with E-state index in [1.165, 1.54) is 12.1 Å². The Labute approximate surface area is 109 Å². The number of halogens is 4. The van der Waals surface area contributed by atoms with Crippen LogP contribution >= 0.6 is 0 Å². The molecule has 1 aliphatic rings. The normalized spacial score (nSPS) is 21.6. The van der Waals surface area contributed by atoms with Crippen molar-refractivity contribution in [3.05, 3.63) is 29.6 Å². The third-order valence-electron chi connectivity index (χ3n) is 3.51. The van der Waals surface area contributed by atoms with Crippen LogP contribution in [0.25, 0.3) is 0 Å². The van der Waals surface area contributed by atoms with Gasteiger partial charge in [-0.2, -0.15) is 13.2 Å². The summed E-state index contributed by atoms with van der Waals surface area (Å²) in [6.45, 7) is 0.586. The largest absolute Gasteiger partial charge is 0.398 e. The molecule has 1 fully saturated rings. The number of nitrogens with two attached hydrogens (primary N) is 1. The fourth-order valence-electron chi connectivity index (χ4n) is 2.43. The molecule has 106 valence electrons. The minimum Gasteiger partial charge on any atom is -0.398 e. The lowest BCUT2D eigenvalue weighted by Gasteiger charge is -2.33. The lowest BCUT2D eigenvalue weighted by atomic mass is 9.97. The molecule has 1 aliphatic heterocycles.